The molecule has 0 aliphatic heterocycles. The zero-order chi connectivity index (χ0) is 17.0. The highest BCUT2D eigenvalue weighted by Crippen LogP contribution is 2.19. The molecule has 0 saturated carbocycles. The molecule has 0 unspecified atom stereocenters. The first-order valence-corrected chi connectivity index (χ1v) is 7.27. The standard InChI is InChI=1S/C18H20N2O3/c1-11-7-12(2)9-14(8-11)23-10-17(21)20-16-6-4-5-15(13(16)3)18(19)22/h4-9H,10H2,1-3H3,(H2,19,22)(H,20,21). The molecule has 120 valence electrons. The van der Waals surface area contributed by atoms with Crippen molar-refractivity contribution in [1.82, 2.24) is 0 Å². The van der Waals surface area contributed by atoms with E-state index in [0.29, 0.717) is 22.6 Å². The molecule has 23 heavy (non-hydrogen) atoms. The van der Waals surface area contributed by atoms with Crippen molar-refractivity contribution in [3.05, 3.63) is 58.7 Å². The number of hydrogen-bond donors (Lipinski definition) is 2. The summed E-state index contributed by atoms with van der Waals surface area (Å²) in [5, 5.41) is 2.73. The van der Waals surface area contributed by atoms with Crippen LogP contribution >= 0.6 is 0 Å². The topological polar surface area (TPSA) is 81.4 Å². The molecular formula is C18H20N2O3. The van der Waals surface area contributed by atoms with Crippen molar-refractivity contribution in [3.63, 3.8) is 0 Å². The molecule has 2 aromatic carbocycles. The van der Waals surface area contributed by atoms with E-state index in [0.717, 1.165) is 11.1 Å². The van der Waals surface area contributed by atoms with Crippen LogP contribution in [0.15, 0.2) is 36.4 Å². The first-order chi connectivity index (χ1) is 10.9. The Morgan fingerprint density at radius 2 is 1.74 bits per heavy atom. The predicted molar refractivity (Wildman–Crippen MR) is 89.7 cm³/mol. The Hall–Kier alpha value is -2.82. The van der Waals surface area contributed by atoms with Crippen LogP contribution in [0, 0.1) is 20.8 Å². The van der Waals surface area contributed by atoms with Crippen LogP contribution in [-0.4, -0.2) is 18.4 Å². The molecule has 0 fully saturated rings. The number of carbonyl (C=O) groups is 2. The molecule has 0 bridgehead atoms. The van der Waals surface area contributed by atoms with E-state index in [-0.39, 0.29) is 12.5 Å². The molecule has 0 heterocycles. The first kappa shape index (κ1) is 16.5. The summed E-state index contributed by atoms with van der Waals surface area (Å²) in [6.07, 6.45) is 0. The van der Waals surface area contributed by atoms with Gasteiger partial charge in [-0.25, -0.2) is 0 Å². The highest BCUT2D eigenvalue weighted by molar-refractivity contribution is 5.98. The lowest BCUT2D eigenvalue weighted by molar-refractivity contribution is -0.118. The van der Waals surface area contributed by atoms with Gasteiger partial charge in [0.1, 0.15) is 5.75 Å². The van der Waals surface area contributed by atoms with Crippen LogP contribution in [0.2, 0.25) is 0 Å². The number of ether oxygens (including phenoxy) is 1. The Kier molecular flexibility index (Phi) is 5.01. The van der Waals surface area contributed by atoms with E-state index in [1.165, 1.54) is 0 Å². The van der Waals surface area contributed by atoms with E-state index in [1.54, 1.807) is 25.1 Å². The van der Waals surface area contributed by atoms with Crippen LogP contribution < -0.4 is 15.8 Å². The van der Waals surface area contributed by atoms with E-state index in [9.17, 15) is 9.59 Å². The van der Waals surface area contributed by atoms with Gasteiger partial charge in [0.2, 0.25) is 5.91 Å². The van der Waals surface area contributed by atoms with Crippen molar-refractivity contribution in [2.45, 2.75) is 20.8 Å². The predicted octanol–water partition coefficient (Wildman–Crippen LogP) is 2.73. The minimum absolute atomic E-state index is 0.108. The molecule has 0 spiro atoms. The SMILES string of the molecule is Cc1cc(C)cc(OCC(=O)Nc2cccc(C(N)=O)c2C)c1. The van der Waals surface area contributed by atoms with E-state index in [1.807, 2.05) is 32.0 Å². The molecule has 5 nitrogen and oxygen atoms in total. The van der Waals surface area contributed by atoms with E-state index in [2.05, 4.69) is 5.32 Å². The van der Waals surface area contributed by atoms with Gasteiger partial charge < -0.3 is 15.8 Å². The molecule has 0 aliphatic carbocycles. The average molecular weight is 312 g/mol. The first-order valence-electron chi connectivity index (χ1n) is 7.27. The molecular weight excluding hydrogens is 292 g/mol. The molecule has 2 aromatic rings. The van der Waals surface area contributed by atoms with E-state index in [4.69, 9.17) is 10.5 Å². The Labute approximate surface area is 135 Å². The number of benzene rings is 2. The third-order valence-electron chi connectivity index (χ3n) is 3.44. The molecule has 3 N–H and O–H groups in total. The normalized spacial score (nSPS) is 10.2. The number of rotatable bonds is 5. The summed E-state index contributed by atoms with van der Waals surface area (Å²) in [5.41, 5.74) is 9.03. The van der Waals surface area contributed by atoms with Gasteiger partial charge in [0, 0.05) is 11.3 Å². The third-order valence-corrected chi connectivity index (χ3v) is 3.44. The number of nitrogens with two attached hydrogens (primary N) is 1. The number of primary amides is 1. The number of hydrogen-bond acceptors (Lipinski definition) is 3. The van der Waals surface area contributed by atoms with Crippen LogP contribution in [0.3, 0.4) is 0 Å². The molecule has 0 saturated heterocycles. The van der Waals surface area contributed by atoms with Gasteiger partial charge >= 0.3 is 0 Å². The summed E-state index contributed by atoms with van der Waals surface area (Å²) in [4.78, 5) is 23.4. The fourth-order valence-electron chi connectivity index (χ4n) is 2.39. The Bertz CT molecular complexity index is 734. The second-order valence-electron chi connectivity index (χ2n) is 5.50. The summed E-state index contributed by atoms with van der Waals surface area (Å²) in [7, 11) is 0. The summed E-state index contributed by atoms with van der Waals surface area (Å²) >= 11 is 0. The van der Waals surface area contributed by atoms with Gasteiger partial charge in [-0.1, -0.05) is 12.1 Å². The van der Waals surface area contributed by atoms with Crippen LogP contribution in [0.25, 0.3) is 0 Å². The van der Waals surface area contributed by atoms with Crippen molar-refractivity contribution in [2.75, 3.05) is 11.9 Å². The van der Waals surface area contributed by atoms with E-state index < -0.39 is 5.91 Å². The van der Waals surface area contributed by atoms with Gasteiger partial charge in [0.05, 0.1) is 0 Å². The molecule has 0 aromatic heterocycles. The monoisotopic (exact) mass is 312 g/mol. The van der Waals surface area contributed by atoms with Crippen LogP contribution in [-0.2, 0) is 4.79 Å². The summed E-state index contributed by atoms with van der Waals surface area (Å²) < 4.78 is 5.52. The van der Waals surface area contributed by atoms with E-state index >= 15 is 0 Å². The van der Waals surface area contributed by atoms with Gasteiger partial charge in [-0.3, -0.25) is 9.59 Å². The maximum Gasteiger partial charge on any atom is 0.262 e. The number of carbonyl (C=O) groups excluding carboxylic acids is 2. The van der Waals surface area contributed by atoms with Crippen LogP contribution in [0.1, 0.15) is 27.0 Å². The average Bonchev–Trinajstić information content (AvgIpc) is 2.46. The minimum Gasteiger partial charge on any atom is -0.484 e. The van der Waals surface area contributed by atoms with Crippen molar-refractivity contribution < 1.29 is 14.3 Å². The number of amides is 2. The Morgan fingerprint density at radius 1 is 1.09 bits per heavy atom. The van der Waals surface area contributed by atoms with Crippen molar-refractivity contribution in [3.8, 4) is 5.75 Å². The van der Waals surface area contributed by atoms with Gasteiger partial charge in [0.15, 0.2) is 6.61 Å². The number of anilines is 1. The van der Waals surface area contributed by atoms with Crippen molar-refractivity contribution >= 4 is 17.5 Å². The number of nitrogens with one attached hydrogen (secondary N) is 1. The smallest absolute Gasteiger partial charge is 0.262 e. The van der Waals surface area contributed by atoms with Gasteiger partial charge in [0.25, 0.3) is 5.91 Å². The molecule has 0 aliphatic rings. The number of aryl methyl sites for hydroxylation is 2. The minimum atomic E-state index is -0.523. The van der Waals surface area contributed by atoms with Crippen molar-refractivity contribution in [2.24, 2.45) is 5.73 Å². The van der Waals surface area contributed by atoms with Gasteiger partial charge in [-0.15, -0.1) is 0 Å². The van der Waals surface area contributed by atoms with Gasteiger partial charge in [-0.2, -0.15) is 0 Å². The quantitative estimate of drug-likeness (QED) is 0.890. The Morgan fingerprint density at radius 3 is 2.35 bits per heavy atom. The maximum absolute atomic E-state index is 12.0. The van der Waals surface area contributed by atoms with Crippen molar-refractivity contribution in [1.29, 1.82) is 0 Å². The third kappa shape index (κ3) is 4.32. The lowest BCUT2D eigenvalue weighted by Crippen LogP contribution is -2.21. The lowest BCUT2D eigenvalue weighted by atomic mass is 10.1. The second kappa shape index (κ2) is 6.96. The molecule has 5 heteroatoms. The highest BCUT2D eigenvalue weighted by atomic mass is 16.5. The van der Waals surface area contributed by atoms with Gasteiger partial charge in [-0.05, 0) is 61.7 Å². The summed E-state index contributed by atoms with van der Waals surface area (Å²) in [5.74, 6) is -0.167. The fraction of sp³-hybridized carbons (Fsp3) is 0.222. The molecule has 2 rings (SSSR count). The fourth-order valence-corrected chi connectivity index (χ4v) is 2.39. The maximum atomic E-state index is 12.0. The highest BCUT2D eigenvalue weighted by Gasteiger charge is 2.11. The zero-order valence-electron chi connectivity index (χ0n) is 13.5. The van der Waals surface area contributed by atoms with Crippen LogP contribution in [0.4, 0.5) is 5.69 Å². The Balaban J connectivity index is 2.03. The van der Waals surface area contributed by atoms with Crippen LogP contribution in [0.5, 0.6) is 5.75 Å². The summed E-state index contributed by atoms with van der Waals surface area (Å²) in [6, 6.07) is 10.8. The molecule has 0 atom stereocenters. The zero-order valence-corrected chi connectivity index (χ0v) is 13.5. The summed E-state index contributed by atoms with van der Waals surface area (Å²) in [6.45, 7) is 5.57. The molecule has 2 amide bonds. The largest absolute Gasteiger partial charge is 0.484 e. The lowest BCUT2D eigenvalue weighted by Gasteiger charge is -2.12. The molecule has 0 radical (unpaired) electrons. The second-order valence-corrected chi connectivity index (χ2v) is 5.50.